The molecule has 0 atom stereocenters. The highest BCUT2D eigenvalue weighted by Crippen LogP contribution is 2.35. The van der Waals surface area contributed by atoms with E-state index in [9.17, 15) is 9.59 Å². The first-order valence-corrected chi connectivity index (χ1v) is 10.1. The number of nitrogens with zero attached hydrogens (tertiary/aromatic N) is 3. The van der Waals surface area contributed by atoms with Gasteiger partial charge in [-0.1, -0.05) is 74.5 Å². The number of rotatable bonds is 3. The van der Waals surface area contributed by atoms with Gasteiger partial charge in [0.15, 0.2) is 0 Å². The fourth-order valence-corrected chi connectivity index (χ4v) is 3.82. The molecule has 0 bridgehead atoms. The van der Waals surface area contributed by atoms with Gasteiger partial charge in [-0.15, -0.1) is 5.10 Å². The molecule has 0 N–H and O–H groups in total. The second-order valence-corrected chi connectivity index (χ2v) is 8.79. The Bertz CT molecular complexity index is 1320. The number of hydrogen-bond acceptors (Lipinski definition) is 5. The average molecular weight is 411 g/mol. The predicted octanol–water partition coefficient (Wildman–Crippen LogP) is 4.93. The van der Waals surface area contributed by atoms with Crippen LogP contribution in [0.3, 0.4) is 0 Å². The van der Waals surface area contributed by atoms with Gasteiger partial charge in [0.05, 0.1) is 11.8 Å². The van der Waals surface area contributed by atoms with Crippen LogP contribution in [0.15, 0.2) is 65.2 Å². The molecule has 4 aromatic rings. The lowest BCUT2D eigenvalue weighted by atomic mass is 9.86. The Morgan fingerprint density at radius 3 is 2.29 bits per heavy atom. The van der Waals surface area contributed by atoms with Gasteiger partial charge in [-0.3, -0.25) is 9.59 Å². The monoisotopic (exact) mass is 411 g/mol. The zero-order valence-electron chi connectivity index (χ0n) is 17.5. The molecule has 0 saturated heterocycles. The number of carbonyl (C=O) groups is 2. The summed E-state index contributed by atoms with van der Waals surface area (Å²) in [7, 11) is 0. The lowest BCUT2D eigenvalue weighted by molar-refractivity contribution is 0.0814. The molecule has 0 radical (unpaired) electrons. The highest BCUT2D eigenvalue weighted by molar-refractivity contribution is 6.52. The fraction of sp³-hybridized carbons (Fsp3) is 0.200. The summed E-state index contributed by atoms with van der Waals surface area (Å²) in [6.07, 6.45) is 1.84. The van der Waals surface area contributed by atoms with Gasteiger partial charge in [-0.25, -0.2) is 4.68 Å². The second kappa shape index (κ2) is 6.87. The molecule has 2 aromatic carbocycles. The van der Waals surface area contributed by atoms with Crippen molar-refractivity contribution in [3.05, 3.63) is 83.2 Å². The minimum Gasteiger partial charge on any atom is -0.458 e. The maximum Gasteiger partial charge on any atom is 0.237 e. The predicted molar refractivity (Wildman–Crippen MR) is 116 cm³/mol. The average Bonchev–Trinajstić information content (AvgIpc) is 3.39. The van der Waals surface area contributed by atoms with Gasteiger partial charge in [-0.05, 0) is 17.0 Å². The Labute approximate surface area is 179 Å². The molecule has 31 heavy (non-hydrogen) atoms. The third-order valence-electron chi connectivity index (χ3n) is 5.55. The molecular formula is C25H21N3O3. The molecule has 0 amide bonds. The quantitative estimate of drug-likeness (QED) is 0.447. The largest absolute Gasteiger partial charge is 0.458 e. The lowest BCUT2D eigenvalue weighted by Gasteiger charge is -2.18. The molecule has 0 unspecified atom stereocenters. The zero-order valence-corrected chi connectivity index (χ0v) is 17.5. The van der Waals surface area contributed by atoms with E-state index in [0.29, 0.717) is 34.8 Å². The topological polar surface area (TPSA) is 78.0 Å². The SMILES string of the molecule is CC(C)(C)c1ccc(-c2cn(Cc3cc4c(o3)-c3ccccc3C(=O)C4=O)nn2)cc1. The smallest absolute Gasteiger partial charge is 0.237 e. The molecule has 5 rings (SSSR count). The molecule has 1 aliphatic rings. The summed E-state index contributed by atoms with van der Waals surface area (Å²) in [5.74, 6) is -0.0604. The maximum absolute atomic E-state index is 12.5. The minimum atomic E-state index is -0.540. The van der Waals surface area contributed by atoms with Crippen LogP contribution in [-0.4, -0.2) is 26.6 Å². The Kier molecular flexibility index (Phi) is 4.25. The van der Waals surface area contributed by atoms with E-state index >= 15 is 0 Å². The van der Waals surface area contributed by atoms with Crippen LogP contribution in [0, 0.1) is 0 Å². The van der Waals surface area contributed by atoms with Gasteiger partial charge in [-0.2, -0.15) is 0 Å². The summed E-state index contributed by atoms with van der Waals surface area (Å²) in [4.78, 5) is 24.9. The van der Waals surface area contributed by atoms with Gasteiger partial charge in [0, 0.05) is 16.7 Å². The van der Waals surface area contributed by atoms with Gasteiger partial charge in [0.2, 0.25) is 11.6 Å². The van der Waals surface area contributed by atoms with Crippen LogP contribution in [0.1, 0.15) is 52.8 Å². The summed E-state index contributed by atoms with van der Waals surface area (Å²) >= 11 is 0. The molecule has 6 nitrogen and oxygen atoms in total. The first kappa shape index (κ1) is 19.2. The van der Waals surface area contributed by atoms with Crippen molar-refractivity contribution in [2.75, 3.05) is 0 Å². The normalized spacial score (nSPS) is 13.3. The van der Waals surface area contributed by atoms with Crippen molar-refractivity contribution in [1.29, 1.82) is 0 Å². The molecule has 0 spiro atoms. The van der Waals surface area contributed by atoms with Gasteiger partial charge >= 0.3 is 0 Å². The van der Waals surface area contributed by atoms with Crippen molar-refractivity contribution >= 4 is 11.6 Å². The van der Waals surface area contributed by atoms with Crippen LogP contribution < -0.4 is 0 Å². The van der Waals surface area contributed by atoms with E-state index in [0.717, 1.165) is 11.3 Å². The number of Topliss-reactive ketones (excluding diaryl/α,β-unsaturated/α-hetero) is 2. The molecule has 1 aliphatic carbocycles. The van der Waals surface area contributed by atoms with Gasteiger partial charge in [0.1, 0.15) is 23.8 Å². The zero-order chi connectivity index (χ0) is 21.8. The van der Waals surface area contributed by atoms with E-state index in [1.54, 1.807) is 28.9 Å². The number of benzene rings is 2. The van der Waals surface area contributed by atoms with Crippen molar-refractivity contribution in [3.8, 4) is 22.6 Å². The van der Waals surface area contributed by atoms with Crippen LogP contribution in [0.5, 0.6) is 0 Å². The van der Waals surface area contributed by atoms with E-state index < -0.39 is 11.6 Å². The Morgan fingerprint density at radius 1 is 0.903 bits per heavy atom. The number of furan rings is 1. The molecule has 2 heterocycles. The number of aromatic nitrogens is 3. The summed E-state index contributed by atoms with van der Waals surface area (Å²) in [6, 6.07) is 16.9. The first-order chi connectivity index (χ1) is 14.8. The van der Waals surface area contributed by atoms with Gasteiger partial charge in [0.25, 0.3) is 0 Å². The molecule has 6 heteroatoms. The highest BCUT2D eigenvalue weighted by Gasteiger charge is 2.33. The van der Waals surface area contributed by atoms with E-state index in [-0.39, 0.29) is 5.41 Å². The van der Waals surface area contributed by atoms with Crippen molar-refractivity contribution < 1.29 is 14.0 Å². The lowest BCUT2D eigenvalue weighted by Crippen LogP contribution is -2.19. The van der Waals surface area contributed by atoms with Crippen LogP contribution >= 0.6 is 0 Å². The van der Waals surface area contributed by atoms with Crippen LogP contribution in [0.2, 0.25) is 0 Å². The van der Waals surface area contributed by atoms with E-state index in [4.69, 9.17) is 4.42 Å². The maximum atomic E-state index is 12.5. The number of hydrogen-bond donors (Lipinski definition) is 0. The van der Waals surface area contributed by atoms with E-state index in [1.165, 1.54) is 5.56 Å². The van der Waals surface area contributed by atoms with E-state index in [1.807, 2.05) is 24.4 Å². The van der Waals surface area contributed by atoms with Gasteiger partial charge < -0.3 is 4.42 Å². The Balaban J connectivity index is 1.42. The summed E-state index contributed by atoms with van der Waals surface area (Å²) in [5.41, 5.74) is 4.41. The summed E-state index contributed by atoms with van der Waals surface area (Å²) < 4.78 is 7.62. The number of fused-ring (bicyclic) bond motifs is 3. The number of carbonyl (C=O) groups excluding carboxylic acids is 2. The standard InChI is InChI=1S/C25H21N3O3/c1-25(2,3)16-10-8-15(9-11-16)21-14-28(27-26-21)13-17-12-20-23(30)22(29)18-6-4-5-7-19(18)24(20)31-17/h4-12,14H,13H2,1-3H3. The Hall–Kier alpha value is -3.80. The fourth-order valence-electron chi connectivity index (χ4n) is 3.82. The molecular weight excluding hydrogens is 390 g/mol. The molecule has 154 valence electrons. The van der Waals surface area contributed by atoms with E-state index in [2.05, 4.69) is 43.2 Å². The molecule has 0 aliphatic heterocycles. The minimum absolute atomic E-state index is 0.0893. The van der Waals surface area contributed by atoms with Crippen LogP contribution in [0.25, 0.3) is 22.6 Å². The van der Waals surface area contributed by atoms with Crippen LogP contribution in [0.4, 0.5) is 0 Å². The van der Waals surface area contributed by atoms with Crippen molar-refractivity contribution in [3.63, 3.8) is 0 Å². The third-order valence-corrected chi connectivity index (χ3v) is 5.55. The first-order valence-electron chi connectivity index (χ1n) is 10.1. The molecule has 0 fully saturated rings. The highest BCUT2D eigenvalue weighted by atomic mass is 16.3. The summed E-state index contributed by atoms with van der Waals surface area (Å²) in [5, 5.41) is 8.47. The number of ketones is 2. The van der Waals surface area contributed by atoms with Crippen LogP contribution in [-0.2, 0) is 12.0 Å². The van der Waals surface area contributed by atoms with Crippen molar-refractivity contribution in [2.45, 2.75) is 32.7 Å². The second-order valence-electron chi connectivity index (χ2n) is 8.79. The Morgan fingerprint density at radius 2 is 1.58 bits per heavy atom. The summed E-state index contributed by atoms with van der Waals surface area (Å²) in [6.45, 7) is 6.84. The molecule has 2 aromatic heterocycles. The molecule has 0 saturated carbocycles. The third kappa shape index (κ3) is 3.30. The van der Waals surface area contributed by atoms with Crippen molar-refractivity contribution in [2.24, 2.45) is 0 Å². The van der Waals surface area contributed by atoms with Crippen molar-refractivity contribution in [1.82, 2.24) is 15.0 Å².